The molecule has 5 nitrogen and oxygen atoms in total. The second-order valence-corrected chi connectivity index (χ2v) is 6.09. The number of anilines is 1. The van der Waals surface area contributed by atoms with Crippen LogP contribution in [0.2, 0.25) is 5.02 Å². The van der Waals surface area contributed by atoms with Gasteiger partial charge in [-0.05, 0) is 42.0 Å². The molecular weight excluding hydrogens is 364 g/mol. The highest BCUT2D eigenvalue weighted by molar-refractivity contribution is 6.32. The maximum Gasteiger partial charge on any atom is 0.414 e. The van der Waals surface area contributed by atoms with Crippen LogP contribution in [0.1, 0.15) is 11.1 Å². The number of carbonyl (C=O) groups is 2. The van der Waals surface area contributed by atoms with Crippen molar-refractivity contribution < 1.29 is 14.3 Å². The topological polar surface area (TPSA) is 58.6 Å². The molecule has 136 valence electrons. The van der Waals surface area contributed by atoms with Crippen LogP contribution in [0, 0.1) is 11.8 Å². The summed E-state index contributed by atoms with van der Waals surface area (Å²) in [5.41, 5.74) is 2.36. The first-order valence-electron chi connectivity index (χ1n) is 8.37. The van der Waals surface area contributed by atoms with Crippen LogP contribution in [-0.4, -0.2) is 31.7 Å². The van der Waals surface area contributed by atoms with E-state index in [9.17, 15) is 9.59 Å². The predicted octanol–water partition coefficient (Wildman–Crippen LogP) is 3.48. The van der Waals surface area contributed by atoms with Gasteiger partial charge in [0.1, 0.15) is 6.61 Å². The van der Waals surface area contributed by atoms with Gasteiger partial charge in [0, 0.05) is 22.3 Å². The van der Waals surface area contributed by atoms with Gasteiger partial charge in [0.25, 0.3) is 0 Å². The fourth-order valence-electron chi connectivity index (χ4n) is 2.46. The summed E-state index contributed by atoms with van der Waals surface area (Å²) < 4.78 is 4.91. The second-order valence-electron chi connectivity index (χ2n) is 5.69. The average molecular weight is 381 g/mol. The van der Waals surface area contributed by atoms with Gasteiger partial charge in [0.15, 0.2) is 0 Å². The molecule has 1 heterocycles. The second kappa shape index (κ2) is 8.93. The molecule has 1 aliphatic rings. The van der Waals surface area contributed by atoms with Gasteiger partial charge < -0.3 is 10.1 Å². The summed E-state index contributed by atoms with van der Waals surface area (Å²) in [6, 6.07) is 14.6. The minimum atomic E-state index is -0.332. The number of cyclic esters (lactones) is 1. The Morgan fingerprint density at radius 3 is 2.70 bits per heavy atom. The van der Waals surface area contributed by atoms with E-state index in [1.54, 1.807) is 17.0 Å². The van der Waals surface area contributed by atoms with Gasteiger partial charge in [-0.25, -0.2) is 4.79 Å². The molecule has 27 heavy (non-hydrogen) atoms. The molecule has 6 heteroatoms. The van der Waals surface area contributed by atoms with E-state index in [2.05, 4.69) is 17.2 Å². The SMILES string of the molecule is O=C(/C=C/c1ccccc1Cl)NCC#Cc1ccc(N2CCOC2=O)cc1. The van der Waals surface area contributed by atoms with E-state index in [-0.39, 0.29) is 18.5 Å². The minimum absolute atomic E-state index is 0.228. The smallest absolute Gasteiger partial charge is 0.414 e. The van der Waals surface area contributed by atoms with Gasteiger partial charge in [-0.15, -0.1) is 0 Å². The van der Waals surface area contributed by atoms with Crippen LogP contribution in [0.25, 0.3) is 6.08 Å². The van der Waals surface area contributed by atoms with Crippen LogP contribution >= 0.6 is 11.6 Å². The van der Waals surface area contributed by atoms with Gasteiger partial charge >= 0.3 is 6.09 Å². The standard InChI is InChI=1S/C21H17ClN2O3/c22-19-6-2-1-5-17(19)9-12-20(25)23-13-3-4-16-7-10-18(11-8-16)24-14-15-27-21(24)26/h1-2,5-12H,13-15H2,(H,23,25)/b12-9+. The first-order chi connectivity index (χ1) is 13.1. The number of hydrogen-bond acceptors (Lipinski definition) is 3. The Balaban J connectivity index is 1.49. The molecule has 1 N–H and O–H groups in total. The van der Waals surface area contributed by atoms with Gasteiger partial charge in [0.05, 0.1) is 13.1 Å². The van der Waals surface area contributed by atoms with Gasteiger partial charge in [-0.1, -0.05) is 41.6 Å². The number of nitrogens with zero attached hydrogens (tertiary/aromatic N) is 1. The van der Waals surface area contributed by atoms with Crippen LogP contribution in [-0.2, 0) is 9.53 Å². The van der Waals surface area contributed by atoms with E-state index < -0.39 is 0 Å². The number of amides is 2. The molecule has 0 saturated carbocycles. The minimum Gasteiger partial charge on any atom is -0.447 e. The third kappa shape index (κ3) is 5.13. The Labute approximate surface area is 162 Å². The molecular formula is C21H17ClN2O3. The fraction of sp³-hybridized carbons (Fsp3) is 0.143. The van der Waals surface area contributed by atoms with Crippen LogP contribution in [0.3, 0.4) is 0 Å². The lowest BCUT2D eigenvalue weighted by Gasteiger charge is -2.11. The molecule has 2 amide bonds. The number of rotatable bonds is 4. The predicted molar refractivity (Wildman–Crippen MR) is 106 cm³/mol. The molecule has 0 spiro atoms. The van der Waals surface area contributed by atoms with Crippen molar-refractivity contribution in [3.8, 4) is 11.8 Å². The molecule has 2 aromatic carbocycles. The highest BCUT2D eigenvalue weighted by Gasteiger charge is 2.23. The number of hydrogen-bond donors (Lipinski definition) is 1. The maximum absolute atomic E-state index is 11.8. The monoisotopic (exact) mass is 380 g/mol. The van der Waals surface area contributed by atoms with Gasteiger partial charge in [0.2, 0.25) is 5.91 Å². The van der Waals surface area contributed by atoms with Crippen molar-refractivity contribution in [2.75, 3.05) is 24.6 Å². The molecule has 0 unspecified atom stereocenters. The van der Waals surface area contributed by atoms with Crippen molar-refractivity contribution in [1.29, 1.82) is 0 Å². The Kier molecular flexibility index (Phi) is 6.14. The van der Waals surface area contributed by atoms with Crippen LogP contribution in [0.15, 0.2) is 54.6 Å². The highest BCUT2D eigenvalue weighted by atomic mass is 35.5. The Bertz CT molecular complexity index is 926. The lowest BCUT2D eigenvalue weighted by Crippen LogP contribution is -2.23. The zero-order valence-electron chi connectivity index (χ0n) is 14.4. The van der Waals surface area contributed by atoms with Crippen molar-refractivity contribution >= 4 is 35.4 Å². The summed E-state index contributed by atoms with van der Waals surface area (Å²) in [5.74, 6) is 5.62. The van der Waals surface area contributed by atoms with Crippen molar-refractivity contribution in [3.63, 3.8) is 0 Å². The molecule has 1 fully saturated rings. The highest BCUT2D eigenvalue weighted by Crippen LogP contribution is 2.19. The summed E-state index contributed by atoms with van der Waals surface area (Å²) in [7, 11) is 0. The molecule has 0 aromatic heterocycles. The first-order valence-corrected chi connectivity index (χ1v) is 8.75. The summed E-state index contributed by atoms with van der Waals surface area (Å²) in [4.78, 5) is 24.9. The van der Waals surface area contributed by atoms with E-state index in [0.717, 1.165) is 16.8 Å². The molecule has 1 saturated heterocycles. The van der Waals surface area contributed by atoms with Crippen LogP contribution < -0.4 is 10.2 Å². The molecule has 0 atom stereocenters. The molecule has 0 aliphatic carbocycles. The third-order valence-electron chi connectivity index (χ3n) is 3.84. The average Bonchev–Trinajstić information content (AvgIpc) is 3.11. The number of carbonyl (C=O) groups excluding carboxylic acids is 2. The largest absolute Gasteiger partial charge is 0.447 e. The quantitative estimate of drug-likeness (QED) is 0.652. The van der Waals surface area contributed by atoms with E-state index in [0.29, 0.717) is 18.2 Å². The third-order valence-corrected chi connectivity index (χ3v) is 4.19. The van der Waals surface area contributed by atoms with Gasteiger partial charge in [-0.2, -0.15) is 0 Å². The van der Waals surface area contributed by atoms with Crippen molar-refractivity contribution in [2.24, 2.45) is 0 Å². The molecule has 0 radical (unpaired) electrons. The summed E-state index contributed by atoms with van der Waals surface area (Å²) >= 11 is 6.03. The number of halogens is 1. The van der Waals surface area contributed by atoms with E-state index in [1.807, 2.05) is 42.5 Å². The number of benzene rings is 2. The number of nitrogens with one attached hydrogen (secondary N) is 1. The molecule has 0 bridgehead atoms. The van der Waals surface area contributed by atoms with Gasteiger partial charge in [-0.3, -0.25) is 9.69 Å². The Morgan fingerprint density at radius 1 is 1.22 bits per heavy atom. The fourth-order valence-corrected chi connectivity index (χ4v) is 2.66. The van der Waals surface area contributed by atoms with E-state index >= 15 is 0 Å². The number of ether oxygens (including phenoxy) is 1. The van der Waals surface area contributed by atoms with Crippen molar-refractivity contribution in [1.82, 2.24) is 5.32 Å². The maximum atomic E-state index is 11.8. The molecule has 2 aromatic rings. The van der Waals surface area contributed by atoms with Crippen molar-refractivity contribution in [3.05, 3.63) is 70.8 Å². The van der Waals surface area contributed by atoms with E-state index in [4.69, 9.17) is 16.3 Å². The Morgan fingerprint density at radius 2 is 2.00 bits per heavy atom. The first kappa shape index (κ1) is 18.6. The lowest BCUT2D eigenvalue weighted by atomic mass is 10.2. The summed E-state index contributed by atoms with van der Waals surface area (Å²) in [6.07, 6.45) is 2.75. The van der Waals surface area contributed by atoms with E-state index in [1.165, 1.54) is 6.08 Å². The normalized spacial score (nSPS) is 13.2. The molecule has 3 rings (SSSR count). The lowest BCUT2D eigenvalue weighted by molar-refractivity contribution is -0.116. The summed E-state index contributed by atoms with van der Waals surface area (Å²) in [6.45, 7) is 1.19. The zero-order chi connectivity index (χ0) is 19.1. The zero-order valence-corrected chi connectivity index (χ0v) is 15.2. The summed E-state index contributed by atoms with van der Waals surface area (Å²) in [5, 5.41) is 3.28. The van der Waals surface area contributed by atoms with Crippen molar-refractivity contribution in [2.45, 2.75) is 0 Å². The van der Waals surface area contributed by atoms with Crippen LogP contribution in [0.5, 0.6) is 0 Å². The Hall–Kier alpha value is -3.23. The van der Waals surface area contributed by atoms with Crippen LogP contribution in [0.4, 0.5) is 10.5 Å². The molecule has 1 aliphatic heterocycles.